The number of methoxy groups -OCH3 is 2. The zero-order valence-corrected chi connectivity index (χ0v) is 18.6. The van der Waals surface area contributed by atoms with Crippen molar-refractivity contribution in [1.29, 1.82) is 0 Å². The molecule has 0 fully saturated rings. The van der Waals surface area contributed by atoms with E-state index in [1.54, 1.807) is 37.3 Å². The summed E-state index contributed by atoms with van der Waals surface area (Å²) in [5, 5.41) is 9.72. The molecule has 1 aliphatic heterocycles. The zero-order valence-electron chi connectivity index (χ0n) is 17.8. The van der Waals surface area contributed by atoms with E-state index in [9.17, 15) is 9.59 Å². The summed E-state index contributed by atoms with van der Waals surface area (Å²) in [5.41, 5.74) is 1.84. The smallest absolute Gasteiger partial charge is 0.297 e. The number of aryl methyl sites for hydroxylation is 2. The third-order valence-electron chi connectivity index (χ3n) is 5.48. The zero-order chi connectivity index (χ0) is 22.6. The standard InChI is InChI=1S/C23H19N3O5S/c1-11-8-9-15-14(10-11)19(27)17-18(13-6-5-7-16(29-3)20(13)30-4)26(22(28)21(17)31-15)23-25-24-12(2)32-23/h5-10,18H,1-4H3. The highest BCUT2D eigenvalue weighted by Gasteiger charge is 2.46. The molecule has 3 heterocycles. The first-order valence-corrected chi connectivity index (χ1v) is 10.7. The van der Waals surface area contributed by atoms with Gasteiger partial charge in [-0.1, -0.05) is 35.1 Å². The molecule has 8 nitrogen and oxygen atoms in total. The van der Waals surface area contributed by atoms with Gasteiger partial charge in [-0.2, -0.15) is 0 Å². The molecule has 0 bridgehead atoms. The van der Waals surface area contributed by atoms with E-state index in [1.807, 2.05) is 13.0 Å². The number of ether oxygens (including phenoxy) is 2. The van der Waals surface area contributed by atoms with Gasteiger partial charge in [0.1, 0.15) is 16.6 Å². The Morgan fingerprint density at radius 2 is 1.88 bits per heavy atom. The van der Waals surface area contributed by atoms with Crippen LogP contribution in [0.3, 0.4) is 0 Å². The minimum atomic E-state index is -0.809. The van der Waals surface area contributed by atoms with E-state index < -0.39 is 11.9 Å². The number of para-hydroxylation sites is 1. The lowest BCUT2D eigenvalue weighted by Crippen LogP contribution is -2.29. The van der Waals surface area contributed by atoms with Crippen molar-refractivity contribution < 1.29 is 18.7 Å². The van der Waals surface area contributed by atoms with Crippen molar-refractivity contribution in [3.8, 4) is 11.5 Å². The predicted octanol–water partition coefficient (Wildman–Crippen LogP) is 4.03. The van der Waals surface area contributed by atoms with Crippen molar-refractivity contribution in [2.75, 3.05) is 19.1 Å². The van der Waals surface area contributed by atoms with Gasteiger partial charge in [0.05, 0.1) is 25.2 Å². The summed E-state index contributed by atoms with van der Waals surface area (Å²) in [7, 11) is 3.05. The molecule has 0 aliphatic carbocycles. The maximum absolute atomic E-state index is 13.7. The van der Waals surface area contributed by atoms with Crippen LogP contribution in [0.15, 0.2) is 45.6 Å². The number of rotatable bonds is 4. The molecule has 1 atom stereocenters. The molecule has 0 N–H and O–H groups in total. The number of carbonyl (C=O) groups is 1. The van der Waals surface area contributed by atoms with Crippen LogP contribution < -0.4 is 19.8 Å². The van der Waals surface area contributed by atoms with E-state index in [0.717, 1.165) is 5.56 Å². The molecule has 0 spiro atoms. The summed E-state index contributed by atoms with van der Waals surface area (Å²) >= 11 is 1.26. The summed E-state index contributed by atoms with van der Waals surface area (Å²) in [6, 6.07) is 9.85. The van der Waals surface area contributed by atoms with Gasteiger partial charge in [0.15, 0.2) is 16.9 Å². The van der Waals surface area contributed by atoms with Crippen LogP contribution in [0.1, 0.15) is 38.3 Å². The second-order valence-electron chi connectivity index (χ2n) is 7.44. The summed E-state index contributed by atoms with van der Waals surface area (Å²) in [6.07, 6.45) is 0. The number of hydrogen-bond acceptors (Lipinski definition) is 8. The molecule has 0 radical (unpaired) electrons. The molecule has 9 heteroatoms. The third-order valence-corrected chi connectivity index (χ3v) is 6.31. The first-order valence-electron chi connectivity index (χ1n) is 9.86. The Morgan fingerprint density at radius 1 is 1.06 bits per heavy atom. The first kappa shape index (κ1) is 20.2. The molecule has 5 rings (SSSR count). The van der Waals surface area contributed by atoms with Crippen LogP contribution >= 0.6 is 11.3 Å². The summed E-state index contributed by atoms with van der Waals surface area (Å²) in [4.78, 5) is 28.7. The van der Waals surface area contributed by atoms with E-state index in [0.29, 0.717) is 38.2 Å². The topological polar surface area (TPSA) is 94.8 Å². The van der Waals surface area contributed by atoms with Crippen molar-refractivity contribution in [3.63, 3.8) is 0 Å². The Bertz CT molecular complexity index is 1440. The van der Waals surface area contributed by atoms with Crippen LogP contribution in [-0.2, 0) is 0 Å². The van der Waals surface area contributed by atoms with Gasteiger partial charge in [0.2, 0.25) is 10.9 Å². The van der Waals surface area contributed by atoms with Gasteiger partial charge in [-0.25, -0.2) is 0 Å². The van der Waals surface area contributed by atoms with Gasteiger partial charge in [-0.05, 0) is 32.0 Å². The van der Waals surface area contributed by atoms with Crippen LogP contribution in [0.5, 0.6) is 11.5 Å². The van der Waals surface area contributed by atoms with Crippen molar-refractivity contribution in [2.45, 2.75) is 19.9 Å². The maximum Gasteiger partial charge on any atom is 0.297 e. The van der Waals surface area contributed by atoms with E-state index in [-0.39, 0.29) is 16.8 Å². The molecule has 1 amide bonds. The van der Waals surface area contributed by atoms with Gasteiger partial charge in [0, 0.05) is 5.56 Å². The highest BCUT2D eigenvalue weighted by molar-refractivity contribution is 7.15. The Labute approximate surface area is 187 Å². The Morgan fingerprint density at radius 3 is 2.56 bits per heavy atom. The first-order chi connectivity index (χ1) is 15.4. The molecule has 0 saturated heterocycles. The molecule has 1 aliphatic rings. The lowest BCUT2D eigenvalue weighted by atomic mass is 9.97. The average Bonchev–Trinajstić information content (AvgIpc) is 3.34. The number of nitrogens with zero attached hydrogens (tertiary/aromatic N) is 3. The fourth-order valence-electron chi connectivity index (χ4n) is 4.09. The fraction of sp³-hybridized carbons (Fsp3) is 0.217. The van der Waals surface area contributed by atoms with Gasteiger partial charge in [-0.3, -0.25) is 14.5 Å². The molecule has 2 aromatic carbocycles. The highest BCUT2D eigenvalue weighted by Crippen LogP contribution is 2.46. The van der Waals surface area contributed by atoms with Crippen LogP contribution in [0, 0.1) is 13.8 Å². The molecule has 0 saturated carbocycles. The SMILES string of the molecule is COc1cccc(C2c3c(oc4ccc(C)cc4c3=O)C(=O)N2c2nnc(C)s2)c1OC. The monoisotopic (exact) mass is 449 g/mol. The molecule has 162 valence electrons. The third kappa shape index (κ3) is 2.89. The average molecular weight is 449 g/mol. The number of hydrogen-bond donors (Lipinski definition) is 0. The van der Waals surface area contributed by atoms with Gasteiger partial charge >= 0.3 is 0 Å². The van der Waals surface area contributed by atoms with Crippen LogP contribution in [-0.4, -0.2) is 30.3 Å². The predicted molar refractivity (Wildman–Crippen MR) is 120 cm³/mol. The van der Waals surface area contributed by atoms with E-state index >= 15 is 0 Å². The summed E-state index contributed by atoms with van der Waals surface area (Å²) < 4.78 is 17.1. The number of aromatic nitrogens is 2. The molecule has 32 heavy (non-hydrogen) atoms. The van der Waals surface area contributed by atoms with Crippen molar-refractivity contribution in [2.24, 2.45) is 0 Å². The normalized spacial score (nSPS) is 15.3. The Hall–Kier alpha value is -3.72. The highest BCUT2D eigenvalue weighted by atomic mass is 32.1. The minimum absolute atomic E-state index is 0.00548. The summed E-state index contributed by atoms with van der Waals surface area (Å²) in [6.45, 7) is 3.70. The largest absolute Gasteiger partial charge is 0.493 e. The van der Waals surface area contributed by atoms with Gasteiger partial charge < -0.3 is 13.9 Å². The second kappa shape index (κ2) is 7.45. The number of carbonyl (C=O) groups excluding carboxylic acids is 1. The lowest BCUT2D eigenvalue weighted by Gasteiger charge is -2.24. The van der Waals surface area contributed by atoms with E-state index in [4.69, 9.17) is 13.9 Å². The van der Waals surface area contributed by atoms with Crippen LogP contribution in [0.4, 0.5) is 5.13 Å². The van der Waals surface area contributed by atoms with E-state index in [2.05, 4.69) is 10.2 Å². The number of fused-ring (bicyclic) bond motifs is 2. The maximum atomic E-state index is 13.7. The minimum Gasteiger partial charge on any atom is -0.493 e. The van der Waals surface area contributed by atoms with E-state index in [1.165, 1.54) is 30.5 Å². The molecular weight excluding hydrogens is 430 g/mol. The van der Waals surface area contributed by atoms with Crippen LogP contribution in [0.2, 0.25) is 0 Å². The molecule has 2 aromatic heterocycles. The van der Waals surface area contributed by atoms with Crippen molar-refractivity contribution in [3.05, 3.63) is 74.1 Å². The van der Waals surface area contributed by atoms with Gasteiger partial charge in [0.25, 0.3) is 5.91 Å². The lowest BCUT2D eigenvalue weighted by molar-refractivity contribution is 0.0970. The number of anilines is 1. The molecule has 4 aromatic rings. The summed E-state index contributed by atoms with van der Waals surface area (Å²) in [5.74, 6) is 0.454. The van der Waals surface area contributed by atoms with Gasteiger partial charge in [-0.15, -0.1) is 10.2 Å². The molecular formula is C23H19N3O5S. The Kier molecular flexibility index (Phi) is 4.70. The fourth-order valence-corrected chi connectivity index (χ4v) is 4.80. The Balaban J connectivity index is 1.86. The van der Waals surface area contributed by atoms with Crippen molar-refractivity contribution >= 4 is 33.3 Å². The van der Waals surface area contributed by atoms with Crippen molar-refractivity contribution in [1.82, 2.24) is 10.2 Å². The van der Waals surface area contributed by atoms with Crippen LogP contribution in [0.25, 0.3) is 11.0 Å². The second-order valence-corrected chi connectivity index (χ2v) is 8.60. The number of benzene rings is 2. The molecule has 1 unspecified atom stereocenters. The number of amides is 1. The quantitative estimate of drug-likeness (QED) is 0.464.